The standard InChI is InChI=1S/C20H21NO3S/c22-20(12-14-9-10-15-5-1-2-6-16(15)11-14)21-18-13-25(23,24)19-8-4-3-7-17(18)19/h3-4,7-11,18H,1-2,5-6,12-13H2,(H,21,22). The summed E-state index contributed by atoms with van der Waals surface area (Å²) in [6.45, 7) is 0. The summed E-state index contributed by atoms with van der Waals surface area (Å²) < 4.78 is 24.4. The van der Waals surface area contributed by atoms with Crippen LogP contribution >= 0.6 is 0 Å². The van der Waals surface area contributed by atoms with Crippen LogP contribution in [0.2, 0.25) is 0 Å². The van der Waals surface area contributed by atoms with Crippen molar-refractivity contribution in [1.82, 2.24) is 5.32 Å². The van der Waals surface area contributed by atoms with E-state index in [1.54, 1.807) is 18.2 Å². The van der Waals surface area contributed by atoms with E-state index in [2.05, 4.69) is 17.4 Å². The molecule has 2 aromatic carbocycles. The molecule has 1 aliphatic carbocycles. The number of carbonyl (C=O) groups excluding carboxylic acids is 1. The Balaban J connectivity index is 1.48. The molecule has 1 amide bonds. The van der Waals surface area contributed by atoms with Gasteiger partial charge in [0.1, 0.15) is 0 Å². The Morgan fingerprint density at radius 2 is 1.80 bits per heavy atom. The first-order valence-corrected chi connectivity index (χ1v) is 10.4. The molecule has 2 aliphatic rings. The van der Waals surface area contributed by atoms with Gasteiger partial charge in [0.2, 0.25) is 5.91 Å². The molecular weight excluding hydrogens is 334 g/mol. The van der Waals surface area contributed by atoms with E-state index in [1.807, 2.05) is 12.1 Å². The zero-order valence-corrected chi connectivity index (χ0v) is 14.8. The maximum Gasteiger partial charge on any atom is 0.224 e. The van der Waals surface area contributed by atoms with E-state index in [0.29, 0.717) is 10.5 Å². The Kier molecular flexibility index (Phi) is 4.12. The largest absolute Gasteiger partial charge is 0.348 e. The van der Waals surface area contributed by atoms with Gasteiger partial charge in [0.15, 0.2) is 9.84 Å². The molecule has 25 heavy (non-hydrogen) atoms. The monoisotopic (exact) mass is 355 g/mol. The summed E-state index contributed by atoms with van der Waals surface area (Å²) in [5.74, 6) is -0.185. The van der Waals surface area contributed by atoms with Crippen molar-refractivity contribution in [3.05, 3.63) is 64.7 Å². The summed E-state index contributed by atoms with van der Waals surface area (Å²) in [5, 5.41) is 2.90. The Morgan fingerprint density at radius 1 is 1.04 bits per heavy atom. The Hall–Kier alpha value is -2.14. The van der Waals surface area contributed by atoms with Gasteiger partial charge < -0.3 is 5.32 Å². The molecule has 1 unspecified atom stereocenters. The number of hydrogen-bond acceptors (Lipinski definition) is 3. The molecule has 0 saturated carbocycles. The van der Waals surface area contributed by atoms with Crippen LogP contribution in [0.4, 0.5) is 0 Å². The highest BCUT2D eigenvalue weighted by Gasteiger charge is 2.35. The topological polar surface area (TPSA) is 63.2 Å². The number of fused-ring (bicyclic) bond motifs is 2. The molecule has 0 fully saturated rings. The summed E-state index contributed by atoms with van der Waals surface area (Å²) in [6, 6.07) is 12.7. The minimum atomic E-state index is -3.30. The zero-order chi connectivity index (χ0) is 17.4. The fourth-order valence-electron chi connectivity index (χ4n) is 3.90. The minimum absolute atomic E-state index is 0.0533. The maximum atomic E-state index is 12.5. The average molecular weight is 355 g/mol. The first kappa shape index (κ1) is 16.3. The molecule has 1 atom stereocenters. The van der Waals surface area contributed by atoms with Gasteiger partial charge in [-0.05, 0) is 54.0 Å². The third-order valence-corrected chi connectivity index (χ3v) is 6.94. The van der Waals surface area contributed by atoms with Gasteiger partial charge >= 0.3 is 0 Å². The minimum Gasteiger partial charge on any atom is -0.348 e. The molecule has 0 aromatic heterocycles. The van der Waals surface area contributed by atoms with Crippen LogP contribution in [0.5, 0.6) is 0 Å². The van der Waals surface area contributed by atoms with E-state index in [9.17, 15) is 13.2 Å². The summed E-state index contributed by atoms with van der Waals surface area (Å²) in [7, 11) is -3.30. The molecule has 0 saturated heterocycles. The number of aryl methyl sites for hydroxylation is 2. The van der Waals surface area contributed by atoms with Crippen LogP contribution in [-0.4, -0.2) is 20.1 Å². The fourth-order valence-corrected chi connectivity index (χ4v) is 5.63. The predicted octanol–water partition coefficient (Wildman–Crippen LogP) is 2.75. The molecule has 1 N–H and O–H groups in total. The molecule has 130 valence electrons. The summed E-state index contributed by atoms with van der Waals surface area (Å²) in [4.78, 5) is 12.8. The van der Waals surface area contributed by atoms with Gasteiger partial charge in [-0.25, -0.2) is 8.42 Å². The van der Waals surface area contributed by atoms with Crippen molar-refractivity contribution in [1.29, 1.82) is 0 Å². The molecule has 1 aliphatic heterocycles. The highest BCUT2D eigenvalue weighted by atomic mass is 32.2. The fraction of sp³-hybridized carbons (Fsp3) is 0.350. The van der Waals surface area contributed by atoms with Crippen LogP contribution in [0.1, 0.15) is 41.1 Å². The number of amides is 1. The van der Waals surface area contributed by atoms with Crippen molar-refractivity contribution in [3.8, 4) is 0 Å². The Labute approximate surface area is 148 Å². The van der Waals surface area contributed by atoms with Crippen molar-refractivity contribution >= 4 is 15.7 Å². The van der Waals surface area contributed by atoms with Crippen LogP contribution in [0, 0.1) is 0 Å². The molecule has 4 nitrogen and oxygen atoms in total. The predicted molar refractivity (Wildman–Crippen MR) is 96.2 cm³/mol. The van der Waals surface area contributed by atoms with Crippen LogP contribution in [0.25, 0.3) is 0 Å². The van der Waals surface area contributed by atoms with E-state index >= 15 is 0 Å². The van der Waals surface area contributed by atoms with Gasteiger partial charge in [-0.15, -0.1) is 0 Å². The summed E-state index contributed by atoms with van der Waals surface area (Å²) in [5.41, 5.74) is 4.44. The summed E-state index contributed by atoms with van der Waals surface area (Å²) >= 11 is 0. The highest BCUT2D eigenvalue weighted by Crippen LogP contribution is 2.33. The lowest BCUT2D eigenvalue weighted by Crippen LogP contribution is -2.30. The van der Waals surface area contributed by atoms with E-state index < -0.39 is 15.9 Å². The molecule has 0 spiro atoms. The second kappa shape index (κ2) is 6.30. The normalized spacial score (nSPS) is 20.6. The zero-order valence-electron chi connectivity index (χ0n) is 14.0. The smallest absolute Gasteiger partial charge is 0.224 e. The van der Waals surface area contributed by atoms with Crippen molar-refractivity contribution in [2.45, 2.75) is 43.0 Å². The van der Waals surface area contributed by atoms with E-state index in [1.165, 1.54) is 24.0 Å². The number of rotatable bonds is 3. The van der Waals surface area contributed by atoms with Gasteiger partial charge in [0.25, 0.3) is 0 Å². The van der Waals surface area contributed by atoms with Crippen LogP contribution in [0.3, 0.4) is 0 Å². The highest BCUT2D eigenvalue weighted by molar-refractivity contribution is 7.91. The Morgan fingerprint density at radius 3 is 2.64 bits per heavy atom. The third kappa shape index (κ3) is 3.21. The number of carbonyl (C=O) groups is 1. The lowest BCUT2D eigenvalue weighted by Gasteiger charge is -2.17. The first-order chi connectivity index (χ1) is 12.0. The molecular formula is C20H21NO3S. The second-order valence-electron chi connectivity index (χ2n) is 6.93. The quantitative estimate of drug-likeness (QED) is 0.921. The SMILES string of the molecule is O=C(Cc1ccc2c(c1)CCCC2)NC1CS(=O)(=O)c2ccccc21. The average Bonchev–Trinajstić information content (AvgIpc) is 2.85. The summed E-state index contributed by atoms with van der Waals surface area (Å²) in [6.07, 6.45) is 4.94. The van der Waals surface area contributed by atoms with Crippen molar-refractivity contribution < 1.29 is 13.2 Å². The van der Waals surface area contributed by atoms with E-state index in [0.717, 1.165) is 18.4 Å². The molecule has 1 heterocycles. The number of nitrogens with one attached hydrogen (secondary N) is 1. The van der Waals surface area contributed by atoms with Crippen LogP contribution in [-0.2, 0) is 33.9 Å². The molecule has 0 bridgehead atoms. The van der Waals surface area contributed by atoms with E-state index in [4.69, 9.17) is 0 Å². The lowest BCUT2D eigenvalue weighted by atomic mass is 9.90. The van der Waals surface area contributed by atoms with Gasteiger partial charge in [-0.3, -0.25) is 4.79 Å². The maximum absolute atomic E-state index is 12.5. The molecule has 5 heteroatoms. The van der Waals surface area contributed by atoms with Gasteiger partial charge in [0.05, 0.1) is 23.1 Å². The van der Waals surface area contributed by atoms with Crippen molar-refractivity contribution in [2.24, 2.45) is 0 Å². The number of hydrogen-bond donors (Lipinski definition) is 1. The van der Waals surface area contributed by atoms with Gasteiger partial charge in [-0.2, -0.15) is 0 Å². The van der Waals surface area contributed by atoms with Gasteiger partial charge in [-0.1, -0.05) is 36.4 Å². The third-order valence-electron chi connectivity index (χ3n) is 5.13. The number of benzene rings is 2. The van der Waals surface area contributed by atoms with Crippen LogP contribution in [0.15, 0.2) is 47.4 Å². The Bertz CT molecular complexity index is 934. The molecule has 0 radical (unpaired) electrons. The molecule has 2 aromatic rings. The van der Waals surface area contributed by atoms with Crippen LogP contribution < -0.4 is 5.32 Å². The van der Waals surface area contributed by atoms with Gasteiger partial charge in [0, 0.05) is 0 Å². The lowest BCUT2D eigenvalue weighted by molar-refractivity contribution is -0.121. The van der Waals surface area contributed by atoms with Crippen molar-refractivity contribution in [2.75, 3.05) is 5.75 Å². The second-order valence-corrected chi connectivity index (χ2v) is 8.93. The number of sulfone groups is 1. The van der Waals surface area contributed by atoms with Crippen molar-refractivity contribution in [3.63, 3.8) is 0 Å². The van der Waals surface area contributed by atoms with E-state index in [-0.39, 0.29) is 18.1 Å². The molecule has 4 rings (SSSR count). The first-order valence-electron chi connectivity index (χ1n) is 8.75.